The molecule has 1 aromatic heterocycles. The number of hydrogen-bond donors (Lipinski definition) is 1. The molecule has 5 heteroatoms. The summed E-state index contributed by atoms with van der Waals surface area (Å²) in [6.07, 6.45) is 3.89. The number of amides is 2. The summed E-state index contributed by atoms with van der Waals surface area (Å²) >= 11 is 0. The van der Waals surface area contributed by atoms with Gasteiger partial charge >= 0.3 is 0 Å². The first-order valence-corrected chi connectivity index (χ1v) is 6.01. The van der Waals surface area contributed by atoms with Crippen LogP contribution in [0.15, 0.2) is 18.5 Å². The van der Waals surface area contributed by atoms with Crippen molar-refractivity contribution >= 4 is 17.5 Å². The van der Waals surface area contributed by atoms with Crippen molar-refractivity contribution in [2.24, 2.45) is 0 Å². The number of piperazine rings is 1. The number of aromatic nitrogens is 1. The molecule has 2 rings (SSSR count). The first-order chi connectivity index (χ1) is 8.46. The molecule has 0 saturated carbocycles. The standard InChI is InChI=1S/C13H17N3O2/c1-4-13(3)12(18)16(8-11(17)15-13)10-5-9(2)6-14-7-10/h5-7H,4,8H2,1-3H3,(H,15,17). The average Bonchev–Trinajstić information content (AvgIpc) is 2.34. The van der Waals surface area contributed by atoms with Gasteiger partial charge in [0.15, 0.2) is 0 Å². The Hall–Kier alpha value is -1.91. The maximum absolute atomic E-state index is 12.4. The highest BCUT2D eigenvalue weighted by Gasteiger charge is 2.42. The van der Waals surface area contributed by atoms with Crippen molar-refractivity contribution in [3.05, 3.63) is 24.0 Å². The highest BCUT2D eigenvalue weighted by atomic mass is 16.2. The minimum atomic E-state index is -0.820. The fourth-order valence-corrected chi connectivity index (χ4v) is 2.05. The predicted octanol–water partition coefficient (Wildman–Crippen LogP) is 1.02. The molecule has 1 aromatic rings. The molecule has 0 bridgehead atoms. The zero-order valence-electron chi connectivity index (χ0n) is 10.9. The normalized spacial score (nSPS) is 24.1. The van der Waals surface area contributed by atoms with E-state index in [2.05, 4.69) is 10.3 Å². The van der Waals surface area contributed by atoms with Crippen LogP contribution in [-0.2, 0) is 9.59 Å². The number of rotatable bonds is 2. The molecule has 2 amide bonds. The Bertz CT molecular complexity index is 501. The third kappa shape index (κ3) is 2.08. The number of anilines is 1. The summed E-state index contributed by atoms with van der Waals surface area (Å²) in [6, 6.07) is 1.86. The lowest BCUT2D eigenvalue weighted by Gasteiger charge is -2.39. The van der Waals surface area contributed by atoms with Crippen molar-refractivity contribution in [1.29, 1.82) is 0 Å². The van der Waals surface area contributed by atoms with Gasteiger partial charge in [0.05, 0.1) is 11.9 Å². The second-order valence-corrected chi connectivity index (χ2v) is 4.85. The van der Waals surface area contributed by atoms with Crippen molar-refractivity contribution in [2.75, 3.05) is 11.4 Å². The van der Waals surface area contributed by atoms with Crippen molar-refractivity contribution in [3.8, 4) is 0 Å². The Morgan fingerprint density at radius 1 is 1.44 bits per heavy atom. The summed E-state index contributed by atoms with van der Waals surface area (Å²) in [6.45, 7) is 5.60. The smallest absolute Gasteiger partial charge is 0.252 e. The van der Waals surface area contributed by atoms with Crippen LogP contribution in [0.1, 0.15) is 25.8 Å². The van der Waals surface area contributed by atoms with E-state index < -0.39 is 5.54 Å². The van der Waals surface area contributed by atoms with E-state index in [4.69, 9.17) is 0 Å². The molecule has 1 saturated heterocycles. The molecule has 1 aliphatic rings. The fourth-order valence-electron chi connectivity index (χ4n) is 2.05. The maximum Gasteiger partial charge on any atom is 0.252 e. The molecule has 0 radical (unpaired) electrons. The lowest BCUT2D eigenvalue weighted by atomic mass is 9.94. The quantitative estimate of drug-likeness (QED) is 0.848. The molecule has 18 heavy (non-hydrogen) atoms. The van der Waals surface area contributed by atoms with E-state index in [1.165, 1.54) is 4.90 Å². The second-order valence-electron chi connectivity index (χ2n) is 4.85. The summed E-state index contributed by atoms with van der Waals surface area (Å²) in [5.41, 5.74) is 0.818. The van der Waals surface area contributed by atoms with E-state index >= 15 is 0 Å². The fraction of sp³-hybridized carbons (Fsp3) is 0.462. The van der Waals surface area contributed by atoms with E-state index in [0.29, 0.717) is 12.1 Å². The molecular formula is C13H17N3O2. The molecule has 1 N–H and O–H groups in total. The van der Waals surface area contributed by atoms with Gasteiger partial charge in [-0.15, -0.1) is 0 Å². The molecule has 1 unspecified atom stereocenters. The van der Waals surface area contributed by atoms with E-state index in [0.717, 1.165) is 5.56 Å². The van der Waals surface area contributed by atoms with Crippen molar-refractivity contribution in [3.63, 3.8) is 0 Å². The Morgan fingerprint density at radius 3 is 2.78 bits per heavy atom. The number of nitrogens with one attached hydrogen (secondary N) is 1. The molecule has 0 aliphatic carbocycles. The van der Waals surface area contributed by atoms with Gasteiger partial charge in [-0.25, -0.2) is 0 Å². The van der Waals surface area contributed by atoms with E-state index in [-0.39, 0.29) is 18.4 Å². The lowest BCUT2D eigenvalue weighted by Crippen LogP contribution is -2.65. The number of nitrogens with zero attached hydrogens (tertiary/aromatic N) is 2. The van der Waals surface area contributed by atoms with Gasteiger partial charge in [0.2, 0.25) is 5.91 Å². The Morgan fingerprint density at radius 2 is 2.17 bits per heavy atom. The Labute approximate surface area is 106 Å². The Balaban J connectivity index is 2.38. The molecule has 1 fully saturated rings. The van der Waals surface area contributed by atoms with Crippen LogP contribution < -0.4 is 10.2 Å². The van der Waals surface area contributed by atoms with Crippen LogP contribution >= 0.6 is 0 Å². The molecule has 2 heterocycles. The van der Waals surface area contributed by atoms with Crippen LogP contribution in [0.4, 0.5) is 5.69 Å². The van der Waals surface area contributed by atoms with Crippen LogP contribution in [0.25, 0.3) is 0 Å². The first kappa shape index (κ1) is 12.5. The Kier molecular flexibility index (Phi) is 3.07. The third-order valence-electron chi connectivity index (χ3n) is 3.31. The van der Waals surface area contributed by atoms with Gasteiger partial charge < -0.3 is 5.32 Å². The SMILES string of the molecule is CCC1(C)NC(=O)CN(c2cncc(C)c2)C1=O. The number of carbonyl (C=O) groups excluding carboxylic acids is 2. The van der Waals surface area contributed by atoms with E-state index in [1.807, 2.05) is 19.9 Å². The van der Waals surface area contributed by atoms with Crippen molar-refractivity contribution in [1.82, 2.24) is 10.3 Å². The minimum absolute atomic E-state index is 0.0551. The lowest BCUT2D eigenvalue weighted by molar-refractivity contribution is -0.135. The predicted molar refractivity (Wildman–Crippen MR) is 68.2 cm³/mol. The summed E-state index contributed by atoms with van der Waals surface area (Å²) in [7, 11) is 0. The summed E-state index contributed by atoms with van der Waals surface area (Å²) in [4.78, 5) is 29.7. The summed E-state index contributed by atoms with van der Waals surface area (Å²) in [5, 5.41) is 2.76. The second kappa shape index (κ2) is 4.40. The third-order valence-corrected chi connectivity index (χ3v) is 3.31. The van der Waals surface area contributed by atoms with Crippen LogP contribution in [0.2, 0.25) is 0 Å². The van der Waals surface area contributed by atoms with Gasteiger partial charge in [-0.3, -0.25) is 19.5 Å². The zero-order chi connectivity index (χ0) is 13.3. The first-order valence-electron chi connectivity index (χ1n) is 6.01. The molecule has 0 spiro atoms. The molecular weight excluding hydrogens is 230 g/mol. The van der Waals surface area contributed by atoms with Crippen LogP contribution in [0, 0.1) is 6.92 Å². The summed E-state index contributed by atoms with van der Waals surface area (Å²) < 4.78 is 0. The molecule has 96 valence electrons. The largest absolute Gasteiger partial charge is 0.340 e. The van der Waals surface area contributed by atoms with Gasteiger partial charge in [-0.1, -0.05) is 6.92 Å². The molecule has 1 aliphatic heterocycles. The monoisotopic (exact) mass is 247 g/mol. The topological polar surface area (TPSA) is 62.3 Å². The average molecular weight is 247 g/mol. The van der Waals surface area contributed by atoms with E-state index in [9.17, 15) is 9.59 Å². The summed E-state index contributed by atoms with van der Waals surface area (Å²) in [5.74, 6) is -0.225. The molecule has 1 atom stereocenters. The van der Waals surface area contributed by atoms with E-state index in [1.54, 1.807) is 19.3 Å². The molecule has 5 nitrogen and oxygen atoms in total. The van der Waals surface area contributed by atoms with Gasteiger partial charge in [-0.2, -0.15) is 0 Å². The highest BCUT2D eigenvalue weighted by Crippen LogP contribution is 2.23. The number of hydrogen-bond acceptors (Lipinski definition) is 3. The van der Waals surface area contributed by atoms with Crippen LogP contribution in [0.3, 0.4) is 0 Å². The maximum atomic E-state index is 12.4. The minimum Gasteiger partial charge on any atom is -0.340 e. The number of carbonyl (C=O) groups is 2. The number of aryl methyl sites for hydroxylation is 1. The van der Waals surface area contributed by atoms with Crippen molar-refractivity contribution in [2.45, 2.75) is 32.7 Å². The van der Waals surface area contributed by atoms with Crippen LogP contribution in [0.5, 0.6) is 0 Å². The van der Waals surface area contributed by atoms with Gasteiger partial charge in [-0.05, 0) is 31.9 Å². The van der Waals surface area contributed by atoms with Gasteiger partial charge in [0, 0.05) is 6.20 Å². The van der Waals surface area contributed by atoms with Gasteiger partial charge in [0.1, 0.15) is 12.1 Å². The zero-order valence-corrected chi connectivity index (χ0v) is 10.9. The molecule has 0 aromatic carbocycles. The highest BCUT2D eigenvalue weighted by molar-refractivity contribution is 6.08. The van der Waals surface area contributed by atoms with Crippen molar-refractivity contribution < 1.29 is 9.59 Å². The number of pyridine rings is 1. The van der Waals surface area contributed by atoms with Gasteiger partial charge in [0.25, 0.3) is 5.91 Å². The van der Waals surface area contributed by atoms with Crippen LogP contribution in [-0.4, -0.2) is 28.9 Å².